The number of carboxylic acid groups (broad SMARTS) is 1. The Morgan fingerprint density at radius 1 is 1.05 bits per heavy atom. The van der Waals surface area contributed by atoms with Gasteiger partial charge in [0.15, 0.2) is 0 Å². The number of unbranched alkanes of at least 4 members (excludes halogenated alkanes) is 3. The van der Waals surface area contributed by atoms with Crippen LogP contribution in [-0.2, 0) is 14.3 Å². The van der Waals surface area contributed by atoms with Crippen molar-refractivity contribution in [3.05, 3.63) is 35.9 Å². The van der Waals surface area contributed by atoms with Gasteiger partial charge in [-0.05, 0) is 31.2 Å². The number of benzene rings is 1. The standard InChI is InChI=1S/C18H26O4/c1-2-3-12-16(15-10-6-4-7-11-15)22-18(21)14-9-5-8-13-17(19)20/h4,6-7,10-11,16H,2-3,5,8-9,12-14H2,1H3,(H,19,20). The molecule has 0 radical (unpaired) electrons. The summed E-state index contributed by atoms with van der Waals surface area (Å²) in [5.41, 5.74) is 1.04. The number of carboxylic acids is 1. The smallest absolute Gasteiger partial charge is 0.306 e. The number of carbonyl (C=O) groups is 2. The van der Waals surface area contributed by atoms with Crippen LogP contribution in [0.25, 0.3) is 0 Å². The van der Waals surface area contributed by atoms with Crippen molar-refractivity contribution in [1.82, 2.24) is 0 Å². The lowest BCUT2D eigenvalue weighted by molar-refractivity contribution is -0.150. The molecule has 0 amide bonds. The molecule has 0 aliphatic rings. The average molecular weight is 306 g/mol. The fourth-order valence-electron chi connectivity index (χ4n) is 2.29. The van der Waals surface area contributed by atoms with Crippen LogP contribution in [0, 0.1) is 0 Å². The number of ether oxygens (including phenoxy) is 1. The number of carbonyl (C=O) groups excluding carboxylic acids is 1. The highest BCUT2D eigenvalue weighted by Crippen LogP contribution is 2.24. The summed E-state index contributed by atoms with van der Waals surface area (Å²) in [4.78, 5) is 22.4. The molecule has 0 aliphatic heterocycles. The van der Waals surface area contributed by atoms with Gasteiger partial charge in [0.1, 0.15) is 6.10 Å². The lowest BCUT2D eigenvalue weighted by Crippen LogP contribution is -2.11. The molecule has 1 aromatic rings. The lowest BCUT2D eigenvalue weighted by atomic mass is 10.0. The molecular formula is C18H26O4. The minimum Gasteiger partial charge on any atom is -0.481 e. The van der Waals surface area contributed by atoms with E-state index in [1.54, 1.807) is 0 Å². The third-order valence-electron chi connectivity index (χ3n) is 3.54. The highest BCUT2D eigenvalue weighted by Gasteiger charge is 2.15. The van der Waals surface area contributed by atoms with Crippen molar-refractivity contribution < 1.29 is 19.4 Å². The molecule has 1 N–H and O–H groups in total. The van der Waals surface area contributed by atoms with Crippen LogP contribution in [0.15, 0.2) is 30.3 Å². The molecule has 22 heavy (non-hydrogen) atoms. The fraction of sp³-hybridized carbons (Fsp3) is 0.556. The maximum absolute atomic E-state index is 11.9. The van der Waals surface area contributed by atoms with Crippen molar-refractivity contribution in [2.24, 2.45) is 0 Å². The maximum Gasteiger partial charge on any atom is 0.306 e. The van der Waals surface area contributed by atoms with Crippen LogP contribution in [0.5, 0.6) is 0 Å². The number of hydrogen-bond donors (Lipinski definition) is 1. The summed E-state index contributed by atoms with van der Waals surface area (Å²) in [5, 5.41) is 8.56. The van der Waals surface area contributed by atoms with Gasteiger partial charge >= 0.3 is 11.9 Å². The molecule has 1 atom stereocenters. The van der Waals surface area contributed by atoms with Crippen LogP contribution in [0.1, 0.15) is 70.0 Å². The Balaban J connectivity index is 2.38. The maximum atomic E-state index is 11.9. The Kier molecular flexibility index (Phi) is 8.96. The minimum atomic E-state index is -0.786. The summed E-state index contributed by atoms with van der Waals surface area (Å²) >= 11 is 0. The Labute approximate surface area is 132 Å². The fourth-order valence-corrected chi connectivity index (χ4v) is 2.29. The molecule has 4 heteroatoms. The Morgan fingerprint density at radius 2 is 1.73 bits per heavy atom. The van der Waals surface area contributed by atoms with Gasteiger partial charge < -0.3 is 9.84 Å². The zero-order chi connectivity index (χ0) is 16.2. The normalized spacial score (nSPS) is 11.9. The van der Waals surface area contributed by atoms with Gasteiger partial charge in [-0.3, -0.25) is 9.59 Å². The first-order chi connectivity index (χ1) is 10.6. The second-order valence-corrected chi connectivity index (χ2v) is 5.49. The SMILES string of the molecule is CCCCC(OC(=O)CCCCCC(=O)O)c1ccccc1. The molecule has 0 bridgehead atoms. The Morgan fingerprint density at radius 3 is 2.36 bits per heavy atom. The van der Waals surface area contributed by atoms with Crippen molar-refractivity contribution in [2.75, 3.05) is 0 Å². The minimum absolute atomic E-state index is 0.165. The molecule has 0 spiro atoms. The number of hydrogen-bond acceptors (Lipinski definition) is 3. The van der Waals surface area contributed by atoms with Crippen molar-refractivity contribution in [3.8, 4) is 0 Å². The predicted octanol–water partition coefficient (Wildman–Crippen LogP) is 4.50. The summed E-state index contributed by atoms with van der Waals surface area (Å²) in [7, 11) is 0. The molecule has 1 rings (SSSR count). The van der Waals surface area contributed by atoms with E-state index < -0.39 is 5.97 Å². The zero-order valence-electron chi connectivity index (χ0n) is 13.3. The van der Waals surface area contributed by atoms with Gasteiger partial charge in [-0.1, -0.05) is 50.1 Å². The number of rotatable bonds is 11. The molecule has 4 nitrogen and oxygen atoms in total. The molecule has 1 unspecified atom stereocenters. The van der Waals surface area contributed by atoms with E-state index in [2.05, 4.69) is 6.92 Å². The third-order valence-corrected chi connectivity index (χ3v) is 3.54. The van der Waals surface area contributed by atoms with Gasteiger partial charge in [0, 0.05) is 12.8 Å². The van der Waals surface area contributed by atoms with E-state index in [9.17, 15) is 9.59 Å². The van der Waals surface area contributed by atoms with Crippen molar-refractivity contribution in [3.63, 3.8) is 0 Å². The van der Waals surface area contributed by atoms with Crippen LogP contribution in [0.2, 0.25) is 0 Å². The molecule has 0 saturated heterocycles. The molecule has 0 saturated carbocycles. The van der Waals surface area contributed by atoms with Crippen LogP contribution in [0.3, 0.4) is 0 Å². The molecule has 0 aliphatic carbocycles. The van der Waals surface area contributed by atoms with Gasteiger partial charge in [0.25, 0.3) is 0 Å². The van der Waals surface area contributed by atoms with Crippen molar-refractivity contribution in [1.29, 1.82) is 0 Å². The van der Waals surface area contributed by atoms with Crippen molar-refractivity contribution >= 4 is 11.9 Å². The van der Waals surface area contributed by atoms with Gasteiger partial charge in [-0.15, -0.1) is 0 Å². The summed E-state index contributed by atoms with van der Waals surface area (Å²) < 4.78 is 5.61. The molecule has 1 aromatic carbocycles. The van der Waals surface area contributed by atoms with Crippen LogP contribution in [0.4, 0.5) is 0 Å². The predicted molar refractivity (Wildman–Crippen MR) is 85.5 cm³/mol. The second kappa shape index (κ2) is 10.8. The first-order valence-electron chi connectivity index (χ1n) is 8.09. The molecular weight excluding hydrogens is 280 g/mol. The summed E-state index contributed by atoms with van der Waals surface area (Å²) in [6.07, 6.45) is 5.31. The largest absolute Gasteiger partial charge is 0.481 e. The quantitative estimate of drug-likeness (QED) is 0.483. The number of aliphatic carboxylic acids is 1. The third kappa shape index (κ3) is 7.81. The van der Waals surface area contributed by atoms with Crippen LogP contribution in [-0.4, -0.2) is 17.0 Å². The summed E-state index contributed by atoms with van der Waals surface area (Å²) in [5.74, 6) is -0.980. The molecule has 0 heterocycles. The van der Waals surface area contributed by atoms with Gasteiger partial charge in [0.2, 0.25) is 0 Å². The molecule has 122 valence electrons. The highest BCUT2D eigenvalue weighted by molar-refractivity contribution is 5.69. The van der Waals surface area contributed by atoms with Crippen LogP contribution < -0.4 is 0 Å². The number of esters is 1. The van der Waals surface area contributed by atoms with Gasteiger partial charge in [-0.25, -0.2) is 0 Å². The first kappa shape index (κ1) is 18.2. The van der Waals surface area contributed by atoms with E-state index >= 15 is 0 Å². The Hall–Kier alpha value is -1.84. The first-order valence-corrected chi connectivity index (χ1v) is 8.09. The van der Waals surface area contributed by atoms with Crippen LogP contribution >= 0.6 is 0 Å². The summed E-state index contributed by atoms with van der Waals surface area (Å²) in [6.45, 7) is 2.12. The molecule has 0 aromatic heterocycles. The monoisotopic (exact) mass is 306 g/mol. The average Bonchev–Trinajstić information content (AvgIpc) is 2.51. The van der Waals surface area contributed by atoms with Gasteiger partial charge in [0.05, 0.1) is 0 Å². The lowest BCUT2D eigenvalue weighted by Gasteiger charge is -2.18. The summed E-state index contributed by atoms with van der Waals surface area (Å²) in [6, 6.07) is 9.83. The van der Waals surface area contributed by atoms with E-state index in [0.29, 0.717) is 19.3 Å². The van der Waals surface area contributed by atoms with E-state index in [-0.39, 0.29) is 18.5 Å². The Bertz CT molecular complexity index is 442. The van der Waals surface area contributed by atoms with E-state index in [4.69, 9.17) is 9.84 Å². The van der Waals surface area contributed by atoms with Crippen molar-refractivity contribution in [2.45, 2.75) is 64.4 Å². The van der Waals surface area contributed by atoms with Gasteiger partial charge in [-0.2, -0.15) is 0 Å². The highest BCUT2D eigenvalue weighted by atomic mass is 16.5. The topological polar surface area (TPSA) is 63.6 Å². The second-order valence-electron chi connectivity index (χ2n) is 5.49. The van der Waals surface area contributed by atoms with E-state index in [1.807, 2.05) is 30.3 Å². The zero-order valence-corrected chi connectivity index (χ0v) is 13.3. The van der Waals surface area contributed by atoms with E-state index in [1.165, 1.54) is 0 Å². The van der Waals surface area contributed by atoms with E-state index in [0.717, 1.165) is 31.2 Å². The molecule has 0 fully saturated rings.